The van der Waals surface area contributed by atoms with E-state index in [9.17, 15) is 18.0 Å². The van der Waals surface area contributed by atoms with Gasteiger partial charge in [0.15, 0.2) is 0 Å². The zero-order valence-electron chi connectivity index (χ0n) is 11.5. The van der Waals surface area contributed by atoms with Crippen LogP contribution in [0.25, 0.3) is 10.9 Å². The molecule has 0 unspecified atom stereocenters. The van der Waals surface area contributed by atoms with E-state index in [0.29, 0.717) is 0 Å². The van der Waals surface area contributed by atoms with Gasteiger partial charge in [-0.3, -0.25) is 4.79 Å². The van der Waals surface area contributed by atoms with Crippen LogP contribution in [0.3, 0.4) is 0 Å². The Bertz CT molecular complexity index is 936. The van der Waals surface area contributed by atoms with Crippen LogP contribution >= 0.6 is 0 Å². The number of H-pyrrole nitrogens is 1. The Labute approximate surface area is 127 Å². The lowest BCUT2D eigenvalue weighted by Gasteiger charge is -2.11. The Morgan fingerprint density at radius 3 is 2.70 bits per heavy atom. The third-order valence-corrected chi connectivity index (χ3v) is 3.09. The first-order valence-corrected chi connectivity index (χ1v) is 6.44. The van der Waals surface area contributed by atoms with Gasteiger partial charge in [0.05, 0.1) is 11.1 Å². The third-order valence-electron chi connectivity index (χ3n) is 3.09. The second kappa shape index (κ2) is 5.27. The number of aromatic nitrogens is 3. The zero-order chi connectivity index (χ0) is 16.6. The first-order chi connectivity index (χ1) is 10.8. The van der Waals surface area contributed by atoms with Crippen LogP contribution in [0.15, 0.2) is 41.3 Å². The molecule has 0 amide bonds. The number of pyridine rings is 1. The van der Waals surface area contributed by atoms with Crippen molar-refractivity contribution in [1.82, 2.24) is 15.0 Å². The van der Waals surface area contributed by atoms with Crippen molar-refractivity contribution in [3.8, 4) is 0 Å². The minimum Gasteiger partial charge on any atom is -0.368 e. The van der Waals surface area contributed by atoms with Gasteiger partial charge in [-0.2, -0.15) is 18.2 Å². The Kier molecular flexibility index (Phi) is 3.40. The molecule has 0 aliphatic carbocycles. The number of benzene rings is 1. The minimum atomic E-state index is -4.47. The smallest absolute Gasteiger partial charge is 0.368 e. The summed E-state index contributed by atoms with van der Waals surface area (Å²) < 4.78 is 38.3. The highest BCUT2D eigenvalue weighted by Crippen LogP contribution is 2.31. The molecule has 0 saturated carbocycles. The number of nitrogen functional groups attached to an aromatic ring is 1. The summed E-state index contributed by atoms with van der Waals surface area (Å²) in [4.78, 5) is 22.2. The van der Waals surface area contributed by atoms with E-state index in [2.05, 4.69) is 20.3 Å². The van der Waals surface area contributed by atoms with Crippen molar-refractivity contribution in [2.24, 2.45) is 0 Å². The maximum atomic E-state index is 12.8. The average Bonchev–Trinajstić information content (AvgIpc) is 2.46. The van der Waals surface area contributed by atoms with Crippen molar-refractivity contribution in [2.45, 2.75) is 6.18 Å². The van der Waals surface area contributed by atoms with Crippen molar-refractivity contribution in [2.75, 3.05) is 11.1 Å². The molecule has 118 valence electrons. The molecule has 0 bridgehead atoms. The highest BCUT2D eigenvalue weighted by atomic mass is 19.4. The monoisotopic (exact) mass is 321 g/mol. The fraction of sp³-hybridized carbons (Fsp3) is 0.0714. The fourth-order valence-electron chi connectivity index (χ4n) is 2.11. The summed E-state index contributed by atoms with van der Waals surface area (Å²) in [7, 11) is 0. The quantitative estimate of drug-likeness (QED) is 0.674. The van der Waals surface area contributed by atoms with Gasteiger partial charge < -0.3 is 16.0 Å². The lowest BCUT2D eigenvalue weighted by Crippen LogP contribution is -2.11. The van der Waals surface area contributed by atoms with E-state index in [1.807, 2.05) is 0 Å². The number of hydrogen-bond donors (Lipinski definition) is 3. The van der Waals surface area contributed by atoms with Crippen molar-refractivity contribution >= 4 is 28.4 Å². The van der Waals surface area contributed by atoms with Crippen LogP contribution in [-0.4, -0.2) is 15.0 Å². The number of fused-ring (bicyclic) bond motifs is 1. The SMILES string of the molecule is Nc1nc(Nc2cccc(C(F)(F)F)c2)c2c(=O)[nH]ccc2n1. The molecule has 0 radical (unpaired) electrons. The third kappa shape index (κ3) is 2.93. The van der Waals surface area contributed by atoms with E-state index < -0.39 is 17.3 Å². The number of nitrogens with two attached hydrogens (primary N) is 1. The molecule has 0 saturated heterocycles. The summed E-state index contributed by atoms with van der Waals surface area (Å²) in [6, 6.07) is 6.07. The van der Waals surface area contributed by atoms with Gasteiger partial charge in [-0.1, -0.05) is 6.07 Å². The summed E-state index contributed by atoms with van der Waals surface area (Å²) in [5.74, 6) is -0.0637. The van der Waals surface area contributed by atoms with Gasteiger partial charge in [-0.15, -0.1) is 0 Å². The zero-order valence-corrected chi connectivity index (χ0v) is 11.5. The highest BCUT2D eigenvalue weighted by molar-refractivity contribution is 5.90. The number of nitrogens with one attached hydrogen (secondary N) is 2. The van der Waals surface area contributed by atoms with E-state index in [4.69, 9.17) is 5.73 Å². The Hall–Kier alpha value is -3.10. The highest BCUT2D eigenvalue weighted by Gasteiger charge is 2.30. The summed E-state index contributed by atoms with van der Waals surface area (Å²) >= 11 is 0. The topological polar surface area (TPSA) is 96.7 Å². The Morgan fingerprint density at radius 1 is 1.17 bits per heavy atom. The van der Waals surface area contributed by atoms with Crippen molar-refractivity contribution in [3.05, 3.63) is 52.4 Å². The average molecular weight is 321 g/mol. The van der Waals surface area contributed by atoms with Gasteiger partial charge in [-0.25, -0.2) is 4.98 Å². The molecular formula is C14H10F3N5O. The standard InChI is InChI=1S/C14H10F3N5O/c15-14(16,17)7-2-1-3-8(6-7)20-11-10-9(21-13(18)22-11)4-5-19-12(10)23/h1-6H,(H,19,23)(H3,18,20,21,22). The van der Waals surface area contributed by atoms with Crippen LogP contribution in [0.4, 0.5) is 30.6 Å². The molecule has 2 aromatic heterocycles. The summed E-state index contributed by atoms with van der Waals surface area (Å²) in [6.07, 6.45) is -3.08. The van der Waals surface area contributed by atoms with Crippen molar-refractivity contribution in [3.63, 3.8) is 0 Å². The molecule has 1 aromatic carbocycles. The van der Waals surface area contributed by atoms with Crippen molar-refractivity contribution in [1.29, 1.82) is 0 Å². The molecule has 0 atom stereocenters. The Morgan fingerprint density at radius 2 is 1.96 bits per heavy atom. The van der Waals surface area contributed by atoms with Gasteiger partial charge in [0.1, 0.15) is 11.2 Å². The van der Waals surface area contributed by atoms with Crippen LogP contribution in [0.2, 0.25) is 0 Å². The van der Waals surface area contributed by atoms with Gasteiger partial charge in [0.2, 0.25) is 5.95 Å². The number of halogens is 3. The first-order valence-electron chi connectivity index (χ1n) is 6.44. The van der Waals surface area contributed by atoms with E-state index in [-0.39, 0.29) is 28.4 Å². The predicted molar refractivity (Wildman–Crippen MR) is 79.3 cm³/mol. The molecule has 3 rings (SSSR count). The molecule has 0 aliphatic rings. The molecule has 6 nitrogen and oxygen atoms in total. The molecule has 3 aromatic rings. The molecule has 0 fully saturated rings. The molecule has 2 heterocycles. The lowest BCUT2D eigenvalue weighted by atomic mass is 10.2. The van der Waals surface area contributed by atoms with Gasteiger partial charge >= 0.3 is 6.18 Å². The van der Waals surface area contributed by atoms with E-state index in [0.717, 1.165) is 12.1 Å². The summed E-state index contributed by atoms with van der Waals surface area (Å²) in [6.45, 7) is 0. The molecule has 9 heteroatoms. The first kappa shape index (κ1) is 14.8. The largest absolute Gasteiger partial charge is 0.416 e. The summed E-state index contributed by atoms with van der Waals surface area (Å²) in [5, 5.41) is 2.80. The molecule has 0 aliphatic heterocycles. The lowest BCUT2D eigenvalue weighted by molar-refractivity contribution is -0.137. The van der Waals surface area contributed by atoms with Crippen LogP contribution < -0.4 is 16.6 Å². The number of hydrogen-bond acceptors (Lipinski definition) is 5. The number of aromatic amines is 1. The molecule has 23 heavy (non-hydrogen) atoms. The number of nitrogens with zero attached hydrogens (tertiary/aromatic N) is 2. The van der Waals surface area contributed by atoms with Crippen LogP contribution in [0, 0.1) is 0 Å². The van der Waals surface area contributed by atoms with E-state index in [1.54, 1.807) is 0 Å². The molecular weight excluding hydrogens is 311 g/mol. The van der Waals surface area contributed by atoms with Gasteiger partial charge in [0.25, 0.3) is 5.56 Å². The van der Waals surface area contributed by atoms with Crippen LogP contribution in [0.5, 0.6) is 0 Å². The van der Waals surface area contributed by atoms with E-state index >= 15 is 0 Å². The molecule has 0 spiro atoms. The second-order valence-electron chi connectivity index (χ2n) is 4.70. The maximum Gasteiger partial charge on any atom is 0.416 e. The predicted octanol–water partition coefficient (Wildman–Crippen LogP) is 2.66. The number of anilines is 3. The van der Waals surface area contributed by atoms with Gasteiger partial charge in [0, 0.05) is 11.9 Å². The fourth-order valence-corrected chi connectivity index (χ4v) is 2.11. The van der Waals surface area contributed by atoms with Crippen molar-refractivity contribution < 1.29 is 13.2 Å². The number of alkyl halides is 3. The summed E-state index contributed by atoms with van der Waals surface area (Å²) in [5.41, 5.74) is 4.70. The minimum absolute atomic E-state index is 0.0358. The molecule has 4 N–H and O–H groups in total. The Balaban J connectivity index is 2.11. The van der Waals surface area contributed by atoms with Crippen LogP contribution in [0.1, 0.15) is 5.56 Å². The van der Waals surface area contributed by atoms with Crippen LogP contribution in [-0.2, 0) is 6.18 Å². The number of rotatable bonds is 2. The maximum absolute atomic E-state index is 12.8. The second-order valence-corrected chi connectivity index (χ2v) is 4.70. The normalized spacial score (nSPS) is 11.6. The van der Waals surface area contributed by atoms with Gasteiger partial charge in [-0.05, 0) is 24.3 Å². The van der Waals surface area contributed by atoms with E-state index in [1.165, 1.54) is 24.4 Å².